The third kappa shape index (κ3) is 2.41. The van der Waals surface area contributed by atoms with E-state index >= 15 is 0 Å². The summed E-state index contributed by atoms with van der Waals surface area (Å²) in [5, 5.41) is 3.04. The van der Waals surface area contributed by atoms with E-state index in [1.807, 2.05) is 6.92 Å². The second-order valence-corrected chi connectivity index (χ2v) is 7.36. The van der Waals surface area contributed by atoms with Gasteiger partial charge in [-0.1, -0.05) is 0 Å². The molecule has 0 aromatic rings. The lowest BCUT2D eigenvalue weighted by Crippen LogP contribution is -2.46. The quantitative estimate of drug-likeness (QED) is 0.798. The van der Waals surface area contributed by atoms with E-state index in [1.54, 1.807) is 11.4 Å². The Hall–Kier alpha value is -0.130. The fraction of sp³-hybridized carbons (Fsp3) is 1.00. The molecule has 94 valence electrons. The Labute approximate surface area is 98.4 Å². The van der Waals surface area contributed by atoms with E-state index in [1.165, 1.54) is 12.8 Å². The molecule has 1 aliphatic heterocycles. The van der Waals surface area contributed by atoms with Gasteiger partial charge in [-0.05, 0) is 51.6 Å². The molecule has 16 heavy (non-hydrogen) atoms. The Bertz CT molecular complexity index is 332. The maximum absolute atomic E-state index is 12.4. The van der Waals surface area contributed by atoms with Crippen LogP contribution in [0, 0.1) is 5.92 Å². The largest absolute Gasteiger partial charge is 0.317 e. The van der Waals surface area contributed by atoms with Gasteiger partial charge in [-0.25, -0.2) is 12.7 Å². The minimum absolute atomic E-state index is 0.167. The highest BCUT2D eigenvalue weighted by Crippen LogP contribution is 2.36. The summed E-state index contributed by atoms with van der Waals surface area (Å²) >= 11 is 0. The minimum Gasteiger partial charge on any atom is -0.317 e. The second-order valence-electron chi connectivity index (χ2n) is 5.09. The van der Waals surface area contributed by atoms with Gasteiger partial charge in [0.25, 0.3) is 0 Å². The summed E-state index contributed by atoms with van der Waals surface area (Å²) in [5.41, 5.74) is 0. The number of rotatable bonds is 4. The first-order chi connectivity index (χ1) is 7.53. The monoisotopic (exact) mass is 246 g/mol. The van der Waals surface area contributed by atoms with Crippen LogP contribution in [0.5, 0.6) is 0 Å². The third-order valence-electron chi connectivity index (χ3n) is 3.99. The molecule has 1 saturated carbocycles. The molecule has 2 fully saturated rings. The van der Waals surface area contributed by atoms with Crippen LogP contribution in [-0.2, 0) is 10.0 Å². The molecule has 0 spiro atoms. The fourth-order valence-corrected chi connectivity index (χ4v) is 4.37. The average Bonchev–Trinajstić information content (AvgIpc) is 3.12. The molecule has 0 bridgehead atoms. The van der Waals surface area contributed by atoms with Gasteiger partial charge in [-0.2, -0.15) is 0 Å². The van der Waals surface area contributed by atoms with Crippen LogP contribution in [0.25, 0.3) is 0 Å². The van der Waals surface area contributed by atoms with Gasteiger partial charge >= 0.3 is 0 Å². The van der Waals surface area contributed by atoms with Crippen molar-refractivity contribution in [3.05, 3.63) is 0 Å². The molecular weight excluding hydrogens is 224 g/mol. The van der Waals surface area contributed by atoms with Crippen molar-refractivity contribution < 1.29 is 8.42 Å². The van der Waals surface area contributed by atoms with Crippen molar-refractivity contribution in [3.8, 4) is 0 Å². The van der Waals surface area contributed by atoms with Crippen molar-refractivity contribution in [2.75, 3.05) is 20.1 Å². The van der Waals surface area contributed by atoms with Crippen LogP contribution >= 0.6 is 0 Å². The van der Waals surface area contributed by atoms with Crippen LogP contribution < -0.4 is 5.32 Å². The van der Waals surface area contributed by atoms with E-state index in [0.717, 1.165) is 25.9 Å². The van der Waals surface area contributed by atoms with Gasteiger partial charge in [0.05, 0.1) is 5.25 Å². The molecule has 1 aliphatic carbocycles. The Kier molecular flexibility index (Phi) is 3.56. The summed E-state index contributed by atoms with van der Waals surface area (Å²) < 4.78 is 26.3. The minimum atomic E-state index is -3.07. The summed E-state index contributed by atoms with van der Waals surface area (Å²) in [4.78, 5) is 0. The maximum Gasteiger partial charge on any atom is 0.217 e. The first-order valence-electron chi connectivity index (χ1n) is 6.21. The Balaban J connectivity index is 2.04. The standard InChI is InChI=1S/C11H22N2O2S/c1-9(10-3-4-10)13(2)16(14,15)11-5-7-12-8-6-11/h9-12H,3-8H2,1-2H3. The lowest BCUT2D eigenvalue weighted by molar-refractivity contribution is 0.345. The van der Waals surface area contributed by atoms with Crippen molar-refractivity contribution in [1.82, 2.24) is 9.62 Å². The first-order valence-corrected chi connectivity index (χ1v) is 7.71. The van der Waals surface area contributed by atoms with Gasteiger partial charge in [0.1, 0.15) is 0 Å². The van der Waals surface area contributed by atoms with E-state index in [2.05, 4.69) is 5.32 Å². The van der Waals surface area contributed by atoms with Crippen molar-refractivity contribution in [2.45, 2.75) is 43.9 Å². The molecule has 4 nitrogen and oxygen atoms in total. The lowest BCUT2D eigenvalue weighted by atomic mass is 10.2. The topological polar surface area (TPSA) is 49.4 Å². The summed E-state index contributed by atoms with van der Waals surface area (Å²) in [6.45, 7) is 3.70. The van der Waals surface area contributed by atoms with E-state index < -0.39 is 10.0 Å². The summed E-state index contributed by atoms with van der Waals surface area (Å²) in [5.74, 6) is 0.599. The number of sulfonamides is 1. The summed E-state index contributed by atoms with van der Waals surface area (Å²) in [6.07, 6.45) is 3.88. The Morgan fingerprint density at radius 2 is 1.75 bits per heavy atom. The second kappa shape index (κ2) is 4.63. The van der Waals surface area contributed by atoms with Gasteiger partial charge < -0.3 is 5.32 Å². The van der Waals surface area contributed by atoms with Gasteiger partial charge in [-0.3, -0.25) is 0 Å². The average molecular weight is 246 g/mol. The van der Waals surface area contributed by atoms with Crippen LogP contribution in [-0.4, -0.2) is 44.2 Å². The van der Waals surface area contributed by atoms with Crippen LogP contribution in [0.3, 0.4) is 0 Å². The van der Waals surface area contributed by atoms with Crippen molar-refractivity contribution in [1.29, 1.82) is 0 Å². The molecule has 0 amide bonds. The van der Waals surface area contributed by atoms with Crippen LogP contribution in [0.15, 0.2) is 0 Å². The highest BCUT2D eigenvalue weighted by Gasteiger charge is 2.38. The normalized spacial score (nSPS) is 25.9. The third-order valence-corrected chi connectivity index (χ3v) is 6.44. The molecule has 1 N–H and O–H groups in total. The molecule has 0 radical (unpaired) electrons. The van der Waals surface area contributed by atoms with Gasteiger partial charge in [0.2, 0.25) is 10.0 Å². The molecule has 5 heteroatoms. The molecule has 0 aromatic carbocycles. The van der Waals surface area contributed by atoms with Crippen LogP contribution in [0.1, 0.15) is 32.6 Å². The van der Waals surface area contributed by atoms with Crippen molar-refractivity contribution in [2.24, 2.45) is 5.92 Å². The van der Waals surface area contributed by atoms with Crippen molar-refractivity contribution >= 4 is 10.0 Å². The molecule has 1 atom stereocenters. The molecular formula is C11H22N2O2S. The number of nitrogens with zero attached hydrogens (tertiary/aromatic N) is 1. The fourth-order valence-electron chi connectivity index (χ4n) is 2.44. The molecule has 1 saturated heterocycles. The van der Waals surface area contributed by atoms with Crippen LogP contribution in [0.2, 0.25) is 0 Å². The van der Waals surface area contributed by atoms with Crippen molar-refractivity contribution in [3.63, 3.8) is 0 Å². The van der Waals surface area contributed by atoms with E-state index in [-0.39, 0.29) is 11.3 Å². The molecule has 2 rings (SSSR count). The predicted octanol–water partition coefficient (Wildman–Crippen LogP) is 0.798. The van der Waals surface area contributed by atoms with Gasteiger partial charge in [0.15, 0.2) is 0 Å². The zero-order valence-corrected chi connectivity index (χ0v) is 11.0. The molecule has 1 heterocycles. The van der Waals surface area contributed by atoms with Gasteiger partial charge in [0, 0.05) is 13.1 Å². The van der Waals surface area contributed by atoms with E-state index in [4.69, 9.17) is 0 Å². The van der Waals surface area contributed by atoms with Gasteiger partial charge in [-0.15, -0.1) is 0 Å². The lowest BCUT2D eigenvalue weighted by Gasteiger charge is -2.31. The smallest absolute Gasteiger partial charge is 0.217 e. The zero-order chi connectivity index (χ0) is 11.8. The molecule has 1 unspecified atom stereocenters. The van der Waals surface area contributed by atoms with E-state index in [9.17, 15) is 8.42 Å². The zero-order valence-electron chi connectivity index (χ0n) is 10.1. The summed E-state index contributed by atoms with van der Waals surface area (Å²) in [7, 11) is -1.32. The number of piperidine rings is 1. The SMILES string of the molecule is CC(C1CC1)N(C)S(=O)(=O)C1CCNCC1. The maximum atomic E-state index is 12.4. The van der Waals surface area contributed by atoms with Crippen LogP contribution in [0.4, 0.5) is 0 Å². The number of hydrogen-bond acceptors (Lipinski definition) is 3. The summed E-state index contributed by atoms with van der Waals surface area (Å²) in [6, 6.07) is 0.180. The highest BCUT2D eigenvalue weighted by atomic mass is 32.2. The van der Waals surface area contributed by atoms with E-state index in [0.29, 0.717) is 5.92 Å². The highest BCUT2D eigenvalue weighted by molar-refractivity contribution is 7.89. The predicted molar refractivity (Wildman–Crippen MR) is 64.8 cm³/mol. The molecule has 0 aromatic heterocycles. The Morgan fingerprint density at radius 1 is 1.19 bits per heavy atom. The number of hydrogen-bond donors (Lipinski definition) is 1. The first kappa shape index (κ1) is 12.3. The number of nitrogens with one attached hydrogen (secondary N) is 1. The molecule has 2 aliphatic rings. The Morgan fingerprint density at radius 3 is 2.25 bits per heavy atom.